The molecule has 1 heterocycles. The first kappa shape index (κ1) is 15.2. The quantitative estimate of drug-likeness (QED) is 0.610. The zero-order valence-corrected chi connectivity index (χ0v) is 12.6. The number of halogens is 2. The van der Waals surface area contributed by atoms with Crippen molar-refractivity contribution in [2.75, 3.05) is 18.0 Å². The van der Waals surface area contributed by atoms with E-state index in [1.54, 1.807) is 6.07 Å². The van der Waals surface area contributed by atoms with Gasteiger partial charge in [-0.3, -0.25) is 0 Å². The van der Waals surface area contributed by atoms with Gasteiger partial charge in [0.25, 0.3) is 0 Å². The number of benzene rings is 2. The van der Waals surface area contributed by atoms with Crippen molar-refractivity contribution in [1.29, 1.82) is 5.26 Å². The van der Waals surface area contributed by atoms with E-state index in [9.17, 15) is 14.0 Å². The first-order valence-corrected chi connectivity index (χ1v) is 7.59. The second-order valence-corrected chi connectivity index (χ2v) is 5.58. The predicted molar refractivity (Wildman–Crippen MR) is 87.7 cm³/mol. The molecule has 0 amide bonds. The Labute approximate surface area is 134 Å². The molecule has 0 unspecified atom stereocenters. The van der Waals surface area contributed by atoms with E-state index in [0.29, 0.717) is 16.7 Å². The van der Waals surface area contributed by atoms with Crippen LogP contribution in [0.4, 0.5) is 14.5 Å². The van der Waals surface area contributed by atoms with Gasteiger partial charge in [-0.15, -0.1) is 0 Å². The Kier molecular flexibility index (Phi) is 4.38. The van der Waals surface area contributed by atoms with Crippen LogP contribution in [0.3, 0.4) is 0 Å². The van der Waals surface area contributed by atoms with Crippen LogP contribution < -0.4 is 4.90 Å². The molecule has 116 valence electrons. The fourth-order valence-electron chi connectivity index (χ4n) is 2.77. The molecule has 0 spiro atoms. The molecule has 0 atom stereocenters. The zero-order chi connectivity index (χ0) is 16.2. The molecule has 3 rings (SSSR count). The molecule has 0 bridgehead atoms. The van der Waals surface area contributed by atoms with Crippen molar-refractivity contribution in [3.63, 3.8) is 0 Å². The SMILES string of the molecule is N#C/C(=C\c1ccc(N2CCCC2)cc1F)c1ccc(F)cc1. The van der Waals surface area contributed by atoms with Crippen LogP contribution in [0, 0.1) is 23.0 Å². The number of hydrogen-bond donors (Lipinski definition) is 0. The molecule has 1 aliphatic heterocycles. The van der Waals surface area contributed by atoms with Crippen molar-refractivity contribution >= 4 is 17.3 Å². The third kappa shape index (κ3) is 3.40. The molecule has 2 aromatic rings. The second kappa shape index (κ2) is 6.62. The lowest BCUT2D eigenvalue weighted by Gasteiger charge is -2.17. The second-order valence-electron chi connectivity index (χ2n) is 5.58. The van der Waals surface area contributed by atoms with Crippen LogP contribution in [0.15, 0.2) is 42.5 Å². The number of hydrogen-bond acceptors (Lipinski definition) is 2. The minimum atomic E-state index is -0.368. The van der Waals surface area contributed by atoms with Crippen LogP contribution >= 0.6 is 0 Å². The molecule has 0 aromatic heterocycles. The van der Waals surface area contributed by atoms with Crippen molar-refractivity contribution in [3.05, 3.63) is 65.2 Å². The lowest BCUT2D eigenvalue weighted by Crippen LogP contribution is -2.17. The molecule has 2 nitrogen and oxygen atoms in total. The Morgan fingerprint density at radius 2 is 1.74 bits per heavy atom. The molecule has 2 aromatic carbocycles. The van der Waals surface area contributed by atoms with E-state index in [1.165, 1.54) is 36.4 Å². The zero-order valence-electron chi connectivity index (χ0n) is 12.6. The summed E-state index contributed by atoms with van der Waals surface area (Å²) < 4.78 is 27.3. The monoisotopic (exact) mass is 310 g/mol. The van der Waals surface area contributed by atoms with Gasteiger partial charge >= 0.3 is 0 Å². The lowest BCUT2D eigenvalue weighted by molar-refractivity contribution is 0.624. The maximum atomic E-state index is 14.3. The van der Waals surface area contributed by atoms with E-state index in [0.717, 1.165) is 31.6 Å². The first-order valence-electron chi connectivity index (χ1n) is 7.59. The predicted octanol–water partition coefficient (Wildman–Crippen LogP) is 4.63. The third-order valence-electron chi connectivity index (χ3n) is 4.03. The van der Waals surface area contributed by atoms with Crippen LogP contribution in [-0.4, -0.2) is 13.1 Å². The summed E-state index contributed by atoms with van der Waals surface area (Å²) in [5, 5.41) is 9.29. The van der Waals surface area contributed by atoms with E-state index in [1.807, 2.05) is 12.1 Å². The van der Waals surface area contributed by atoms with Gasteiger partial charge in [-0.05, 0) is 54.8 Å². The fourth-order valence-corrected chi connectivity index (χ4v) is 2.77. The maximum absolute atomic E-state index is 14.3. The Hall–Kier alpha value is -2.67. The Morgan fingerprint density at radius 1 is 1.04 bits per heavy atom. The number of anilines is 1. The van der Waals surface area contributed by atoms with Gasteiger partial charge in [0.1, 0.15) is 11.6 Å². The molecule has 0 saturated carbocycles. The highest BCUT2D eigenvalue weighted by molar-refractivity contribution is 5.89. The Balaban J connectivity index is 1.91. The highest BCUT2D eigenvalue weighted by Gasteiger charge is 2.14. The molecular formula is C19H16F2N2. The first-order chi connectivity index (χ1) is 11.2. The van der Waals surface area contributed by atoms with Crippen molar-refractivity contribution < 1.29 is 8.78 Å². The maximum Gasteiger partial charge on any atom is 0.132 e. The number of allylic oxidation sites excluding steroid dienone is 1. The van der Waals surface area contributed by atoms with Crippen molar-refractivity contribution in [2.45, 2.75) is 12.8 Å². The van der Waals surface area contributed by atoms with Crippen LogP contribution in [0.25, 0.3) is 11.6 Å². The summed E-state index contributed by atoms with van der Waals surface area (Å²) in [4.78, 5) is 2.15. The summed E-state index contributed by atoms with van der Waals surface area (Å²) in [5.74, 6) is -0.726. The smallest absolute Gasteiger partial charge is 0.132 e. The van der Waals surface area contributed by atoms with Gasteiger partial charge < -0.3 is 4.90 Å². The molecule has 0 radical (unpaired) electrons. The standard InChI is InChI=1S/C19H16F2N2/c20-17-6-3-14(4-7-17)16(13-22)11-15-5-8-18(12-19(15)21)23-9-1-2-10-23/h3-8,11-12H,1-2,9-10H2/b16-11+. The lowest BCUT2D eigenvalue weighted by atomic mass is 10.0. The van der Waals surface area contributed by atoms with Crippen LogP contribution in [0.1, 0.15) is 24.0 Å². The summed E-state index contributed by atoms with van der Waals surface area (Å²) >= 11 is 0. The van der Waals surface area contributed by atoms with Gasteiger partial charge in [-0.1, -0.05) is 12.1 Å². The number of nitrogens with zero attached hydrogens (tertiary/aromatic N) is 2. The fraction of sp³-hybridized carbons (Fsp3) is 0.211. The van der Waals surface area contributed by atoms with Crippen molar-refractivity contribution in [3.8, 4) is 6.07 Å². The molecule has 1 saturated heterocycles. The largest absolute Gasteiger partial charge is 0.371 e. The van der Waals surface area contributed by atoms with Crippen LogP contribution in [0.5, 0.6) is 0 Å². The highest BCUT2D eigenvalue weighted by Crippen LogP contribution is 2.25. The van der Waals surface area contributed by atoms with Gasteiger partial charge in [-0.2, -0.15) is 5.26 Å². The molecule has 4 heteroatoms. The van der Waals surface area contributed by atoms with Crippen LogP contribution in [0.2, 0.25) is 0 Å². The van der Waals surface area contributed by atoms with Gasteiger partial charge in [0.15, 0.2) is 0 Å². The summed E-state index contributed by atoms with van der Waals surface area (Å²) in [6.45, 7) is 1.90. The summed E-state index contributed by atoms with van der Waals surface area (Å²) in [5.41, 5.74) is 2.10. The van der Waals surface area contributed by atoms with E-state index in [4.69, 9.17) is 0 Å². The summed E-state index contributed by atoms with van der Waals surface area (Å²) in [7, 11) is 0. The molecule has 23 heavy (non-hydrogen) atoms. The van der Waals surface area contributed by atoms with E-state index in [2.05, 4.69) is 4.90 Å². The van der Waals surface area contributed by atoms with E-state index >= 15 is 0 Å². The number of nitriles is 1. The van der Waals surface area contributed by atoms with E-state index < -0.39 is 0 Å². The van der Waals surface area contributed by atoms with Crippen LogP contribution in [-0.2, 0) is 0 Å². The Bertz CT molecular complexity index is 767. The normalized spacial score (nSPS) is 14.8. The third-order valence-corrected chi connectivity index (χ3v) is 4.03. The average Bonchev–Trinajstić information content (AvgIpc) is 3.09. The number of rotatable bonds is 3. The molecule has 1 aliphatic rings. The van der Waals surface area contributed by atoms with Crippen molar-refractivity contribution in [2.24, 2.45) is 0 Å². The van der Waals surface area contributed by atoms with Crippen molar-refractivity contribution in [1.82, 2.24) is 0 Å². The molecule has 0 N–H and O–H groups in total. The molecule has 1 fully saturated rings. The molecule has 0 aliphatic carbocycles. The minimum absolute atomic E-state index is 0.304. The minimum Gasteiger partial charge on any atom is -0.371 e. The van der Waals surface area contributed by atoms with Gasteiger partial charge in [-0.25, -0.2) is 8.78 Å². The summed E-state index contributed by atoms with van der Waals surface area (Å²) in [6.07, 6.45) is 3.76. The topological polar surface area (TPSA) is 27.0 Å². The summed E-state index contributed by atoms with van der Waals surface area (Å²) in [6, 6.07) is 12.7. The average molecular weight is 310 g/mol. The Morgan fingerprint density at radius 3 is 2.35 bits per heavy atom. The van der Waals surface area contributed by atoms with Gasteiger partial charge in [0.2, 0.25) is 0 Å². The van der Waals surface area contributed by atoms with Gasteiger partial charge in [0.05, 0.1) is 11.6 Å². The molecular weight excluding hydrogens is 294 g/mol. The van der Waals surface area contributed by atoms with E-state index in [-0.39, 0.29) is 11.6 Å². The van der Waals surface area contributed by atoms with Gasteiger partial charge in [0, 0.05) is 24.3 Å². The highest BCUT2D eigenvalue weighted by atomic mass is 19.1.